The van der Waals surface area contributed by atoms with Gasteiger partial charge in [0.1, 0.15) is 0 Å². The molecule has 1 unspecified atom stereocenters. The highest BCUT2D eigenvalue weighted by Crippen LogP contribution is 2.42. The molecule has 1 N–H and O–H groups in total. The maximum absolute atomic E-state index is 6.36. The van der Waals surface area contributed by atoms with Gasteiger partial charge in [0.25, 0.3) is 0 Å². The highest BCUT2D eigenvalue weighted by atomic mass is 79.9. The quantitative estimate of drug-likeness (QED) is 0.675. The first-order chi connectivity index (χ1) is 10.1. The maximum Gasteiger partial charge on any atom is 0.0756 e. The van der Waals surface area contributed by atoms with Gasteiger partial charge in [-0.3, -0.25) is 0 Å². The summed E-state index contributed by atoms with van der Waals surface area (Å²) in [6.07, 6.45) is 9.01. The van der Waals surface area contributed by atoms with Crippen molar-refractivity contribution in [3.8, 4) is 0 Å². The van der Waals surface area contributed by atoms with Crippen LogP contribution >= 0.6 is 39.1 Å². The molecule has 1 atom stereocenters. The van der Waals surface area contributed by atoms with E-state index in [9.17, 15) is 0 Å². The van der Waals surface area contributed by atoms with Gasteiger partial charge in [-0.25, -0.2) is 0 Å². The standard InChI is InChI=1S/C16H20BrCl2NO/c17-11-8-13(18)15(14(19)9-11)20-10-12-4-7-16(21-12)5-2-1-3-6-16/h8-9,12,20H,1-7,10H2. The number of nitrogens with one attached hydrogen (secondary N) is 1. The first-order valence-electron chi connectivity index (χ1n) is 7.64. The predicted molar refractivity (Wildman–Crippen MR) is 92.6 cm³/mol. The van der Waals surface area contributed by atoms with Crippen molar-refractivity contribution in [3.63, 3.8) is 0 Å². The van der Waals surface area contributed by atoms with E-state index in [0.29, 0.717) is 10.0 Å². The molecule has 116 valence electrons. The third kappa shape index (κ3) is 3.69. The van der Waals surface area contributed by atoms with Crippen LogP contribution in [0.1, 0.15) is 44.9 Å². The van der Waals surface area contributed by atoms with Crippen LogP contribution in [0.4, 0.5) is 5.69 Å². The van der Waals surface area contributed by atoms with Gasteiger partial charge in [0.2, 0.25) is 0 Å². The molecular weight excluding hydrogens is 373 g/mol. The van der Waals surface area contributed by atoms with Gasteiger partial charge in [0.05, 0.1) is 27.4 Å². The van der Waals surface area contributed by atoms with Crippen molar-refractivity contribution in [2.45, 2.75) is 56.7 Å². The van der Waals surface area contributed by atoms with Gasteiger partial charge in [-0.2, -0.15) is 0 Å². The van der Waals surface area contributed by atoms with Crippen molar-refractivity contribution in [2.75, 3.05) is 11.9 Å². The predicted octanol–water partition coefficient (Wildman–Crippen LogP) is 6.05. The van der Waals surface area contributed by atoms with Crippen LogP contribution in [0, 0.1) is 0 Å². The molecule has 0 amide bonds. The Morgan fingerprint density at radius 1 is 1.14 bits per heavy atom. The highest BCUT2D eigenvalue weighted by Gasteiger charge is 2.40. The van der Waals surface area contributed by atoms with E-state index in [0.717, 1.165) is 23.1 Å². The summed E-state index contributed by atoms with van der Waals surface area (Å²) < 4.78 is 7.25. The summed E-state index contributed by atoms with van der Waals surface area (Å²) in [5.41, 5.74) is 0.965. The molecule has 1 saturated carbocycles. The Morgan fingerprint density at radius 2 is 1.81 bits per heavy atom. The van der Waals surface area contributed by atoms with Crippen LogP contribution in [0.15, 0.2) is 16.6 Å². The van der Waals surface area contributed by atoms with Gasteiger partial charge in [0, 0.05) is 11.0 Å². The molecule has 3 rings (SSSR count). The van der Waals surface area contributed by atoms with Crippen LogP contribution in [0.2, 0.25) is 10.0 Å². The Hall–Kier alpha value is 0.0400. The number of hydrogen-bond donors (Lipinski definition) is 1. The average Bonchev–Trinajstić information content (AvgIpc) is 2.81. The first-order valence-corrected chi connectivity index (χ1v) is 9.19. The average molecular weight is 393 g/mol. The maximum atomic E-state index is 6.36. The van der Waals surface area contributed by atoms with Crippen molar-refractivity contribution >= 4 is 44.8 Å². The Labute approximate surface area is 144 Å². The lowest BCUT2D eigenvalue weighted by atomic mass is 9.83. The SMILES string of the molecule is Clc1cc(Br)cc(Cl)c1NCC1CCC2(CCCCC2)O1. The summed E-state index contributed by atoms with van der Waals surface area (Å²) in [5.74, 6) is 0. The Morgan fingerprint density at radius 3 is 2.48 bits per heavy atom. The molecule has 0 radical (unpaired) electrons. The molecule has 1 heterocycles. The molecule has 1 aromatic carbocycles. The van der Waals surface area contributed by atoms with E-state index >= 15 is 0 Å². The van der Waals surface area contributed by atoms with Crippen LogP contribution in [-0.2, 0) is 4.74 Å². The molecule has 0 aromatic heterocycles. The van der Waals surface area contributed by atoms with Crippen molar-refractivity contribution in [3.05, 3.63) is 26.7 Å². The minimum Gasteiger partial charge on any atom is -0.380 e. The normalized spacial score (nSPS) is 24.4. The third-order valence-electron chi connectivity index (χ3n) is 4.62. The van der Waals surface area contributed by atoms with Crippen molar-refractivity contribution < 1.29 is 4.74 Å². The number of ether oxygens (including phenoxy) is 1. The molecule has 0 bridgehead atoms. The number of benzene rings is 1. The minimum atomic E-state index is 0.165. The van der Waals surface area contributed by atoms with Gasteiger partial charge < -0.3 is 10.1 Å². The van der Waals surface area contributed by atoms with E-state index in [1.807, 2.05) is 12.1 Å². The summed E-state index contributed by atoms with van der Waals surface area (Å²) in [5, 5.41) is 4.64. The second kappa shape index (κ2) is 6.66. The monoisotopic (exact) mass is 391 g/mol. The minimum absolute atomic E-state index is 0.165. The van der Waals surface area contributed by atoms with Crippen LogP contribution < -0.4 is 5.32 Å². The van der Waals surface area contributed by atoms with Gasteiger partial charge in [-0.05, 0) is 37.8 Å². The van der Waals surface area contributed by atoms with E-state index < -0.39 is 0 Å². The zero-order valence-electron chi connectivity index (χ0n) is 11.9. The third-order valence-corrected chi connectivity index (χ3v) is 5.67. The zero-order chi connectivity index (χ0) is 14.9. The lowest BCUT2D eigenvalue weighted by Gasteiger charge is -2.33. The van der Waals surface area contributed by atoms with E-state index in [4.69, 9.17) is 27.9 Å². The summed E-state index contributed by atoms with van der Waals surface area (Å²) in [4.78, 5) is 0. The van der Waals surface area contributed by atoms with E-state index in [-0.39, 0.29) is 11.7 Å². The number of rotatable bonds is 3. The smallest absolute Gasteiger partial charge is 0.0756 e. The largest absolute Gasteiger partial charge is 0.380 e. The fraction of sp³-hybridized carbons (Fsp3) is 0.625. The van der Waals surface area contributed by atoms with Crippen molar-refractivity contribution in [1.29, 1.82) is 0 Å². The number of hydrogen-bond acceptors (Lipinski definition) is 2. The summed E-state index contributed by atoms with van der Waals surface area (Å²) >= 11 is 15.9. The Kier molecular flexibility index (Phi) is 5.04. The van der Waals surface area contributed by atoms with E-state index in [1.165, 1.54) is 38.5 Å². The highest BCUT2D eigenvalue weighted by molar-refractivity contribution is 9.10. The fourth-order valence-electron chi connectivity index (χ4n) is 3.53. The van der Waals surface area contributed by atoms with Crippen molar-refractivity contribution in [1.82, 2.24) is 0 Å². The molecule has 1 spiro atoms. The van der Waals surface area contributed by atoms with Gasteiger partial charge >= 0.3 is 0 Å². The molecule has 2 fully saturated rings. The van der Waals surface area contributed by atoms with Crippen molar-refractivity contribution in [2.24, 2.45) is 0 Å². The van der Waals surface area contributed by atoms with Gasteiger partial charge in [0.15, 0.2) is 0 Å². The molecule has 1 aromatic rings. The Bertz CT molecular complexity index is 494. The molecule has 1 saturated heterocycles. The molecule has 2 nitrogen and oxygen atoms in total. The van der Waals surface area contributed by atoms with E-state index in [2.05, 4.69) is 21.2 Å². The number of halogens is 3. The lowest BCUT2D eigenvalue weighted by molar-refractivity contribution is -0.0588. The molecule has 2 aliphatic rings. The molecule has 5 heteroatoms. The second-order valence-corrected chi connectivity index (χ2v) is 7.88. The molecule has 1 aliphatic carbocycles. The summed E-state index contributed by atoms with van der Waals surface area (Å²) in [7, 11) is 0. The number of anilines is 1. The second-order valence-electron chi connectivity index (χ2n) is 6.15. The lowest BCUT2D eigenvalue weighted by Crippen LogP contribution is -2.33. The molecular formula is C16H20BrCl2NO. The zero-order valence-corrected chi connectivity index (χ0v) is 15.0. The van der Waals surface area contributed by atoms with E-state index in [1.54, 1.807) is 0 Å². The van der Waals surface area contributed by atoms with Crippen LogP contribution in [0.3, 0.4) is 0 Å². The summed E-state index contributed by atoms with van der Waals surface area (Å²) in [6.45, 7) is 0.767. The van der Waals surface area contributed by atoms with Crippen LogP contribution in [-0.4, -0.2) is 18.2 Å². The first kappa shape index (κ1) is 15.9. The Balaban J connectivity index is 1.59. The van der Waals surface area contributed by atoms with Crippen LogP contribution in [0.25, 0.3) is 0 Å². The van der Waals surface area contributed by atoms with Crippen LogP contribution in [0.5, 0.6) is 0 Å². The summed E-state index contributed by atoms with van der Waals surface area (Å²) in [6, 6.07) is 3.71. The fourth-order valence-corrected chi connectivity index (χ4v) is 4.87. The van der Waals surface area contributed by atoms with Gasteiger partial charge in [-0.1, -0.05) is 58.4 Å². The van der Waals surface area contributed by atoms with Gasteiger partial charge in [-0.15, -0.1) is 0 Å². The molecule has 1 aliphatic heterocycles. The molecule has 21 heavy (non-hydrogen) atoms. The topological polar surface area (TPSA) is 21.3 Å².